The lowest BCUT2D eigenvalue weighted by Gasteiger charge is -2.13. The molecular formula is C23H19ClN4OS2. The number of amides is 1. The zero-order valence-electron chi connectivity index (χ0n) is 16.7. The van der Waals surface area contributed by atoms with E-state index in [0.717, 1.165) is 27.5 Å². The Hall–Kier alpha value is -2.74. The lowest BCUT2D eigenvalue weighted by Crippen LogP contribution is -2.24. The fourth-order valence-electron chi connectivity index (χ4n) is 2.91. The van der Waals surface area contributed by atoms with Crippen LogP contribution in [0, 0.1) is 0 Å². The van der Waals surface area contributed by atoms with Gasteiger partial charge in [-0.15, -0.1) is 11.3 Å². The van der Waals surface area contributed by atoms with Crippen LogP contribution in [0.15, 0.2) is 77.4 Å². The molecule has 2 heterocycles. The number of halogens is 1. The number of carbonyl (C=O) groups is 1. The summed E-state index contributed by atoms with van der Waals surface area (Å²) in [5.41, 5.74) is 3.61. The molecule has 8 heteroatoms. The van der Waals surface area contributed by atoms with Gasteiger partial charge in [-0.2, -0.15) is 0 Å². The largest absolute Gasteiger partial charge is 0.301 e. The average molecular weight is 467 g/mol. The Kier molecular flexibility index (Phi) is 6.96. The Labute approximate surface area is 193 Å². The first kappa shape index (κ1) is 21.5. The first-order valence-electron chi connectivity index (χ1n) is 9.69. The highest BCUT2D eigenvalue weighted by Crippen LogP contribution is 2.29. The molecule has 0 aliphatic rings. The van der Waals surface area contributed by atoms with Crippen LogP contribution in [0.1, 0.15) is 13.3 Å². The molecule has 4 aromatic rings. The van der Waals surface area contributed by atoms with Gasteiger partial charge in [0, 0.05) is 21.5 Å². The van der Waals surface area contributed by atoms with Gasteiger partial charge < -0.3 is 5.32 Å². The third-order valence-corrected chi connectivity index (χ3v) is 6.82. The zero-order chi connectivity index (χ0) is 21.6. The van der Waals surface area contributed by atoms with Crippen molar-refractivity contribution in [3.63, 3.8) is 0 Å². The van der Waals surface area contributed by atoms with Gasteiger partial charge >= 0.3 is 0 Å². The number of nitrogens with zero attached hydrogens (tertiary/aromatic N) is 3. The molecule has 0 saturated carbocycles. The van der Waals surface area contributed by atoms with Gasteiger partial charge in [-0.3, -0.25) is 4.79 Å². The van der Waals surface area contributed by atoms with Crippen molar-refractivity contribution >= 4 is 45.7 Å². The van der Waals surface area contributed by atoms with Crippen molar-refractivity contribution in [1.82, 2.24) is 15.0 Å². The van der Waals surface area contributed by atoms with Crippen molar-refractivity contribution in [1.29, 1.82) is 0 Å². The molecule has 1 atom stereocenters. The number of rotatable bonds is 7. The van der Waals surface area contributed by atoms with Gasteiger partial charge in [0.1, 0.15) is 11.4 Å². The van der Waals surface area contributed by atoms with Crippen molar-refractivity contribution in [3.05, 3.63) is 77.4 Å². The Balaban J connectivity index is 1.44. The topological polar surface area (TPSA) is 67.8 Å². The second-order valence-corrected chi connectivity index (χ2v) is 9.17. The molecule has 5 nitrogen and oxygen atoms in total. The average Bonchev–Trinajstić information content (AvgIpc) is 3.27. The lowest BCUT2D eigenvalue weighted by atomic mass is 10.1. The molecule has 0 bridgehead atoms. The van der Waals surface area contributed by atoms with E-state index in [0.29, 0.717) is 16.6 Å². The molecule has 156 valence electrons. The van der Waals surface area contributed by atoms with Crippen LogP contribution < -0.4 is 5.32 Å². The molecule has 4 rings (SSSR count). The third kappa shape index (κ3) is 5.50. The quantitative estimate of drug-likeness (QED) is 0.251. The van der Waals surface area contributed by atoms with Gasteiger partial charge in [0.25, 0.3) is 0 Å². The number of nitrogens with one attached hydrogen (secondary N) is 1. The van der Waals surface area contributed by atoms with Crippen LogP contribution in [0.5, 0.6) is 0 Å². The second kappa shape index (κ2) is 10.0. The maximum atomic E-state index is 12.9. The van der Waals surface area contributed by atoms with E-state index in [1.165, 1.54) is 29.4 Å². The molecule has 1 N–H and O–H groups in total. The molecule has 0 saturated heterocycles. The molecule has 1 unspecified atom stereocenters. The summed E-state index contributed by atoms with van der Waals surface area (Å²) in [5, 5.41) is 6.58. The Bertz CT molecular complexity index is 1170. The Morgan fingerprint density at radius 2 is 1.81 bits per heavy atom. The molecule has 2 aromatic carbocycles. The van der Waals surface area contributed by atoms with E-state index >= 15 is 0 Å². The predicted molar refractivity (Wildman–Crippen MR) is 129 cm³/mol. The molecule has 0 aliphatic heterocycles. The summed E-state index contributed by atoms with van der Waals surface area (Å²) >= 11 is 8.78. The highest BCUT2D eigenvalue weighted by atomic mass is 35.5. The van der Waals surface area contributed by atoms with Gasteiger partial charge in [0.15, 0.2) is 5.13 Å². The van der Waals surface area contributed by atoms with E-state index in [1.54, 1.807) is 0 Å². The van der Waals surface area contributed by atoms with Crippen LogP contribution >= 0.6 is 34.7 Å². The van der Waals surface area contributed by atoms with Crippen LogP contribution in [0.2, 0.25) is 5.02 Å². The summed E-state index contributed by atoms with van der Waals surface area (Å²) in [6, 6.07) is 19.3. The van der Waals surface area contributed by atoms with Crippen molar-refractivity contribution in [3.8, 4) is 22.5 Å². The maximum Gasteiger partial charge on any atom is 0.239 e. The van der Waals surface area contributed by atoms with Gasteiger partial charge in [0.05, 0.1) is 16.6 Å². The minimum atomic E-state index is -0.290. The molecule has 0 fully saturated rings. The maximum absolute atomic E-state index is 12.9. The van der Waals surface area contributed by atoms with Crippen LogP contribution in [0.4, 0.5) is 5.13 Å². The Morgan fingerprint density at radius 1 is 1.06 bits per heavy atom. The zero-order valence-corrected chi connectivity index (χ0v) is 19.0. The minimum Gasteiger partial charge on any atom is -0.301 e. The monoisotopic (exact) mass is 466 g/mol. The van der Waals surface area contributed by atoms with Crippen molar-refractivity contribution < 1.29 is 4.79 Å². The minimum absolute atomic E-state index is 0.0932. The lowest BCUT2D eigenvalue weighted by molar-refractivity contribution is -0.115. The summed E-state index contributed by atoms with van der Waals surface area (Å²) in [7, 11) is 0. The molecule has 1 amide bonds. The number of aromatic nitrogens is 3. The summed E-state index contributed by atoms with van der Waals surface area (Å²) in [5.74, 6) is -0.0932. The number of carbonyl (C=O) groups excluding carboxylic acids is 1. The predicted octanol–water partition coefficient (Wildman–Crippen LogP) is 6.43. The molecule has 0 spiro atoms. The molecular weight excluding hydrogens is 448 g/mol. The fraction of sp³-hybridized carbons (Fsp3) is 0.130. The van der Waals surface area contributed by atoms with E-state index in [4.69, 9.17) is 11.6 Å². The number of benzene rings is 2. The standard InChI is InChI=1S/C23H19ClN4OS2/c1-2-20(31-21-12-18(25-14-26-21)15-6-4-3-5-7-15)22(29)28-23-27-19(13-30-23)16-8-10-17(24)11-9-16/h3-14,20H,2H2,1H3,(H,27,28,29). The molecule has 0 radical (unpaired) electrons. The van der Waals surface area contributed by atoms with Crippen LogP contribution in [0.3, 0.4) is 0 Å². The van der Waals surface area contributed by atoms with Gasteiger partial charge in [-0.25, -0.2) is 15.0 Å². The highest BCUT2D eigenvalue weighted by molar-refractivity contribution is 8.00. The van der Waals surface area contributed by atoms with Crippen LogP contribution in [-0.2, 0) is 4.79 Å². The van der Waals surface area contributed by atoms with Gasteiger partial charge in [-0.1, -0.05) is 72.8 Å². The van der Waals surface area contributed by atoms with E-state index in [1.807, 2.05) is 73.0 Å². The normalized spacial score (nSPS) is 11.8. The second-order valence-electron chi connectivity index (χ2n) is 6.66. The smallest absolute Gasteiger partial charge is 0.239 e. The van der Waals surface area contributed by atoms with Gasteiger partial charge in [0.2, 0.25) is 5.91 Å². The fourth-order valence-corrected chi connectivity index (χ4v) is 4.67. The van der Waals surface area contributed by atoms with Gasteiger partial charge in [-0.05, 0) is 24.6 Å². The third-order valence-electron chi connectivity index (χ3n) is 4.51. The summed E-state index contributed by atoms with van der Waals surface area (Å²) < 4.78 is 0. The van der Waals surface area contributed by atoms with Crippen LogP contribution in [0.25, 0.3) is 22.5 Å². The molecule has 0 aliphatic carbocycles. The molecule has 31 heavy (non-hydrogen) atoms. The van der Waals surface area contributed by atoms with E-state index in [-0.39, 0.29) is 11.2 Å². The summed E-state index contributed by atoms with van der Waals surface area (Å²) in [6.45, 7) is 1.98. The van der Waals surface area contributed by atoms with E-state index < -0.39 is 0 Å². The number of anilines is 1. The van der Waals surface area contributed by atoms with E-state index in [2.05, 4.69) is 20.3 Å². The van der Waals surface area contributed by atoms with E-state index in [9.17, 15) is 4.79 Å². The summed E-state index contributed by atoms with van der Waals surface area (Å²) in [6.07, 6.45) is 2.20. The Morgan fingerprint density at radius 3 is 2.55 bits per heavy atom. The molecule has 2 aromatic heterocycles. The van der Waals surface area contributed by atoms with Crippen molar-refractivity contribution in [2.24, 2.45) is 0 Å². The number of thioether (sulfide) groups is 1. The first-order valence-corrected chi connectivity index (χ1v) is 11.8. The number of hydrogen-bond acceptors (Lipinski definition) is 6. The number of hydrogen-bond donors (Lipinski definition) is 1. The first-order chi connectivity index (χ1) is 15.1. The number of thiazole rings is 1. The highest BCUT2D eigenvalue weighted by Gasteiger charge is 2.20. The summed E-state index contributed by atoms with van der Waals surface area (Å²) in [4.78, 5) is 26.1. The van der Waals surface area contributed by atoms with Crippen molar-refractivity contribution in [2.75, 3.05) is 5.32 Å². The van der Waals surface area contributed by atoms with Crippen molar-refractivity contribution in [2.45, 2.75) is 23.6 Å². The van der Waals surface area contributed by atoms with Crippen LogP contribution in [-0.4, -0.2) is 26.1 Å². The SMILES string of the molecule is CCC(Sc1cc(-c2ccccc2)ncn1)C(=O)Nc1nc(-c2ccc(Cl)cc2)cs1.